The second-order valence-electron chi connectivity index (χ2n) is 6.24. The smallest absolute Gasteiger partial charge is 0.223 e. The highest BCUT2D eigenvalue weighted by atomic mass is 16.3. The van der Waals surface area contributed by atoms with Gasteiger partial charge in [-0.25, -0.2) is 0 Å². The molecule has 0 atom stereocenters. The molecule has 0 aliphatic carbocycles. The molecule has 0 spiro atoms. The Morgan fingerprint density at radius 1 is 1.26 bits per heavy atom. The zero-order valence-corrected chi connectivity index (χ0v) is 12.1. The number of hydrogen-bond donors (Lipinski definition) is 0. The fraction of sp³-hybridized carbons (Fsp3) is 0.438. The second-order valence-corrected chi connectivity index (χ2v) is 6.24. The summed E-state index contributed by atoms with van der Waals surface area (Å²) in [5, 5.41) is 1.08. The molecule has 2 aromatic rings. The molecule has 0 saturated carbocycles. The maximum atomic E-state index is 12.1. The van der Waals surface area contributed by atoms with E-state index in [-0.39, 0.29) is 11.3 Å². The number of carbonyl (C=O) groups excluding carboxylic acids is 1. The molecule has 0 aliphatic heterocycles. The number of hydrogen-bond acceptors (Lipinski definition) is 2. The van der Waals surface area contributed by atoms with Gasteiger partial charge in [-0.3, -0.25) is 4.79 Å². The van der Waals surface area contributed by atoms with Gasteiger partial charge < -0.3 is 9.32 Å². The van der Waals surface area contributed by atoms with Crippen molar-refractivity contribution in [2.75, 3.05) is 7.05 Å². The summed E-state index contributed by atoms with van der Waals surface area (Å²) in [6.07, 6.45) is 0.545. The lowest BCUT2D eigenvalue weighted by Gasteiger charge is -2.22. The minimum atomic E-state index is 0.0131. The van der Waals surface area contributed by atoms with Gasteiger partial charge in [-0.1, -0.05) is 39.0 Å². The van der Waals surface area contributed by atoms with Gasteiger partial charge in [0.25, 0.3) is 0 Å². The van der Waals surface area contributed by atoms with E-state index in [9.17, 15) is 4.79 Å². The molecule has 0 unspecified atom stereocenters. The molecule has 1 amide bonds. The molecule has 3 heteroatoms. The number of furan rings is 1. The molecule has 1 heterocycles. The number of benzene rings is 1. The molecule has 0 fully saturated rings. The van der Waals surface area contributed by atoms with Crippen molar-refractivity contribution in [2.45, 2.75) is 33.7 Å². The summed E-state index contributed by atoms with van der Waals surface area (Å²) < 4.78 is 5.73. The van der Waals surface area contributed by atoms with Crippen LogP contribution in [-0.4, -0.2) is 17.9 Å². The van der Waals surface area contributed by atoms with Crippen LogP contribution in [0.2, 0.25) is 0 Å². The third-order valence-electron chi connectivity index (χ3n) is 2.98. The van der Waals surface area contributed by atoms with Crippen molar-refractivity contribution >= 4 is 16.9 Å². The van der Waals surface area contributed by atoms with E-state index >= 15 is 0 Å². The van der Waals surface area contributed by atoms with E-state index in [1.807, 2.05) is 37.4 Å². The van der Waals surface area contributed by atoms with Crippen LogP contribution in [0.5, 0.6) is 0 Å². The summed E-state index contributed by atoms with van der Waals surface area (Å²) in [4.78, 5) is 13.8. The average Bonchev–Trinajstić information content (AvgIpc) is 2.68. The third kappa shape index (κ3) is 3.60. The lowest BCUT2D eigenvalue weighted by atomic mass is 9.92. The molecule has 0 saturated heterocycles. The normalized spacial score (nSPS) is 11.8. The monoisotopic (exact) mass is 259 g/mol. The van der Waals surface area contributed by atoms with Crippen LogP contribution in [0.3, 0.4) is 0 Å². The Morgan fingerprint density at radius 2 is 1.95 bits per heavy atom. The molecular weight excluding hydrogens is 238 g/mol. The molecule has 102 valence electrons. The Bertz CT molecular complexity index is 545. The molecule has 0 bridgehead atoms. The first kappa shape index (κ1) is 13.7. The maximum absolute atomic E-state index is 12.1. The highest BCUT2D eigenvalue weighted by molar-refractivity contribution is 5.78. The van der Waals surface area contributed by atoms with Gasteiger partial charge in [0.15, 0.2) is 0 Å². The molecule has 1 aromatic carbocycles. The van der Waals surface area contributed by atoms with E-state index < -0.39 is 0 Å². The standard InChI is InChI=1S/C16H21NO2/c1-16(2,3)10-15(18)17(4)11-13-9-12-7-5-6-8-14(12)19-13/h5-9H,10-11H2,1-4H3. The van der Waals surface area contributed by atoms with Crippen molar-refractivity contribution in [1.29, 1.82) is 0 Å². The van der Waals surface area contributed by atoms with Gasteiger partial charge in [-0.15, -0.1) is 0 Å². The molecule has 1 aromatic heterocycles. The molecule has 19 heavy (non-hydrogen) atoms. The van der Waals surface area contributed by atoms with Crippen LogP contribution >= 0.6 is 0 Å². The van der Waals surface area contributed by atoms with Crippen LogP contribution in [0, 0.1) is 5.41 Å². The van der Waals surface area contributed by atoms with E-state index in [1.54, 1.807) is 4.90 Å². The van der Waals surface area contributed by atoms with Gasteiger partial charge in [-0.2, -0.15) is 0 Å². The number of rotatable bonds is 3. The van der Waals surface area contributed by atoms with Crippen molar-refractivity contribution in [3.63, 3.8) is 0 Å². The minimum Gasteiger partial charge on any atom is -0.459 e. The van der Waals surface area contributed by atoms with Gasteiger partial charge in [0.05, 0.1) is 6.54 Å². The number of nitrogens with zero attached hydrogens (tertiary/aromatic N) is 1. The maximum Gasteiger partial charge on any atom is 0.223 e. The highest BCUT2D eigenvalue weighted by Crippen LogP contribution is 2.22. The zero-order valence-electron chi connectivity index (χ0n) is 12.1. The molecule has 2 rings (SSSR count). The number of para-hydroxylation sites is 1. The predicted molar refractivity (Wildman–Crippen MR) is 76.8 cm³/mol. The summed E-state index contributed by atoms with van der Waals surface area (Å²) in [7, 11) is 1.82. The van der Waals surface area contributed by atoms with Crippen LogP contribution in [0.1, 0.15) is 33.0 Å². The molecule has 0 radical (unpaired) electrons. The molecule has 0 N–H and O–H groups in total. The van der Waals surface area contributed by atoms with Crippen molar-refractivity contribution in [1.82, 2.24) is 4.90 Å². The molecule has 3 nitrogen and oxygen atoms in total. The van der Waals surface area contributed by atoms with Gasteiger partial charge in [0.2, 0.25) is 5.91 Å². The summed E-state index contributed by atoms with van der Waals surface area (Å²) in [5.41, 5.74) is 0.883. The number of amides is 1. The van der Waals surface area contributed by atoms with E-state index in [0.29, 0.717) is 13.0 Å². The molecule has 0 aliphatic rings. The average molecular weight is 259 g/mol. The summed E-state index contributed by atoms with van der Waals surface area (Å²) in [6, 6.07) is 9.88. The van der Waals surface area contributed by atoms with E-state index in [1.165, 1.54) is 0 Å². The SMILES string of the molecule is CN(Cc1cc2ccccc2o1)C(=O)CC(C)(C)C. The van der Waals surface area contributed by atoms with Crippen LogP contribution in [0.15, 0.2) is 34.7 Å². The first-order valence-corrected chi connectivity index (χ1v) is 6.56. The lowest BCUT2D eigenvalue weighted by Crippen LogP contribution is -2.29. The Kier molecular flexibility index (Phi) is 3.65. The van der Waals surface area contributed by atoms with Gasteiger partial charge in [-0.05, 0) is 17.5 Å². The third-order valence-corrected chi connectivity index (χ3v) is 2.98. The largest absolute Gasteiger partial charge is 0.459 e. The molecular formula is C16H21NO2. The summed E-state index contributed by atoms with van der Waals surface area (Å²) in [6.45, 7) is 6.73. The van der Waals surface area contributed by atoms with Crippen molar-refractivity contribution in [2.24, 2.45) is 5.41 Å². The van der Waals surface area contributed by atoms with Gasteiger partial charge in [0, 0.05) is 18.9 Å². The minimum absolute atomic E-state index is 0.0131. The van der Waals surface area contributed by atoms with E-state index in [0.717, 1.165) is 16.7 Å². The van der Waals surface area contributed by atoms with Crippen molar-refractivity contribution in [3.8, 4) is 0 Å². The number of fused-ring (bicyclic) bond motifs is 1. The lowest BCUT2D eigenvalue weighted by molar-refractivity contribution is -0.132. The van der Waals surface area contributed by atoms with E-state index in [2.05, 4.69) is 20.8 Å². The van der Waals surface area contributed by atoms with Gasteiger partial charge >= 0.3 is 0 Å². The zero-order chi connectivity index (χ0) is 14.0. The van der Waals surface area contributed by atoms with Crippen LogP contribution in [-0.2, 0) is 11.3 Å². The van der Waals surface area contributed by atoms with Gasteiger partial charge in [0.1, 0.15) is 11.3 Å². The first-order valence-electron chi connectivity index (χ1n) is 6.56. The summed E-state index contributed by atoms with van der Waals surface area (Å²) >= 11 is 0. The highest BCUT2D eigenvalue weighted by Gasteiger charge is 2.19. The fourth-order valence-corrected chi connectivity index (χ4v) is 2.03. The topological polar surface area (TPSA) is 33.5 Å². The quantitative estimate of drug-likeness (QED) is 0.839. The Morgan fingerprint density at radius 3 is 2.58 bits per heavy atom. The van der Waals surface area contributed by atoms with Crippen molar-refractivity contribution in [3.05, 3.63) is 36.1 Å². The fourth-order valence-electron chi connectivity index (χ4n) is 2.03. The van der Waals surface area contributed by atoms with E-state index in [4.69, 9.17) is 4.42 Å². The second kappa shape index (κ2) is 5.08. The Labute approximate surface area is 114 Å². The van der Waals surface area contributed by atoms with Crippen LogP contribution < -0.4 is 0 Å². The first-order chi connectivity index (χ1) is 8.85. The number of carbonyl (C=O) groups is 1. The summed E-state index contributed by atoms with van der Waals surface area (Å²) in [5.74, 6) is 0.971. The van der Waals surface area contributed by atoms with Crippen molar-refractivity contribution < 1.29 is 9.21 Å². The van der Waals surface area contributed by atoms with Crippen LogP contribution in [0.4, 0.5) is 0 Å². The Hall–Kier alpha value is -1.77. The predicted octanol–water partition coefficient (Wildman–Crippen LogP) is 3.83. The van der Waals surface area contributed by atoms with Crippen LogP contribution in [0.25, 0.3) is 11.0 Å². The Balaban J connectivity index is 2.06.